The lowest BCUT2D eigenvalue weighted by Gasteiger charge is -2.02. The highest BCUT2D eigenvalue weighted by atomic mass is 79.9. The smallest absolute Gasteiger partial charge is 0.134 e. The van der Waals surface area contributed by atoms with Crippen LogP contribution < -0.4 is 4.74 Å². The molecule has 0 bridgehead atoms. The molecule has 0 heterocycles. The third kappa shape index (κ3) is 1.74. The molecule has 0 atom stereocenters. The summed E-state index contributed by atoms with van der Waals surface area (Å²) in [4.78, 5) is 0. The first-order chi connectivity index (χ1) is 4.84. The fourth-order valence-corrected chi connectivity index (χ4v) is 1.02. The molecule has 0 saturated carbocycles. The lowest BCUT2D eigenvalue weighted by atomic mass is 10.3. The van der Waals surface area contributed by atoms with E-state index in [0.717, 1.165) is 10.2 Å². The average Bonchev–Trinajstić information content (AvgIpc) is 1.94. The molecule has 1 aromatic carbocycles. The first kappa shape index (κ1) is 7.61. The Morgan fingerprint density at radius 1 is 1.70 bits per heavy atom. The van der Waals surface area contributed by atoms with Crippen molar-refractivity contribution in [3.8, 4) is 5.75 Å². The molecule has 1 radical (unpaired) electrons. The van der Waals surface area contributed by atoms with Crippen LogP contribution in [-0.4, -0.2) is 6.61 Å². The number of hydrogen-bond acceptors (Lipinski definition) is 1. The molecule has 0 saturated heterocycles. The van der Waals surface area contributed by atoms with Gasteiger partial charge in [-0.2, -0.15) is 0 Å². The highest BCUT2D eigenvalue weighted by Crippen LogP contribution is 2.22. The fourth-order valence-electron chi connectivity index (χ4n) is 0.662. The van der Waals surface area contributed by atoms with E-state index in [4.69, 9.17) is 4.74 Å². The maximum absolute atomic E-state index is 5.26. The highest BCUT2D eigenvalue weighted by Gasteiger charge is 1.95. The lowest BCUT2D eigenvalue weighted by Crippen LogP contribution is -1.91. The fraction of sp³-hybridized carbons (Fsp3) is 0.250. The molecule has 0 fully saturated rings. The van der Waals surface area contributed by atoms with Crippen molar-refractivity contribution in [1.29, 1.82) is 0 Å². The van der Waals surface area contributed by atoms with E-state index in [-0.39, 0.29) is 0 Å². The largest absolute Gasteiger partial charge is 0.493 e. The molecule has 0 N–H and O–H groups in total. The van der Waals surface area contributed by atoms with Crippen molar-refractivity contribution in [2.45, 2.75) is 6.92 Å². The summed E-state index contributed by atoms with van der Waals surface area (Å²) in [5.74, 6) is 0.852. The minimum atomic E-state index is 0.691. The van der Waals surface area contributed by atoms with Crippen molar-refractivity contribution in [2.24, 2.45) is 0 Å². The number of halogens is 1. The predicted octanol–water partition coefficient (Wildman–Crippen LogP) is 2.65. The molecule has 0 aromatic heterocycles. The molecule has 1 rings (SSSR count). The Kier molecular flexibility index (Phi) is 2.75. The van der Waals surface area contributed by atoms with E-state index >= 15 is 0 Å². The third-order valence-corrected chi connectivity index (χ3v) is 1.73. The Hall–Kier alpha value is -0.500. The normalized spacial score (nSPS) is 9.40. The Labute approximate surface area is 69.1 Å². The first-order valence-electron chi connectivity index (χ1n) is 3.13. The van der Waals surface area contributed by atoms with Gasteiger partial charge in [0.15, 0.2) is 0 Å². The second-order valence-electron chi connectivity index (χ2n) is 1.79. The number of benzene rings is 1. The average molecular weight is 200 g/mol. The van der Waals surface area contributed by atoms with E-state index in [0.29, 0.717) is 6.61 Å². The van der Waals surface area contributed by atoms with Gasteiger partial charge in [0, 0.05) is 0 Å². The maximum Gasteiger partial charge on any atom is 0.134 e. The maximum atomic E-state index is 5.26. The van der Waals surface area contributed by atoms with Crippen LogP contribution in [0.5, 0.6) is 5.75 Å². The van der Waals surface area contributed by atoms with Gasteiger partial charge in [0.05, 0.1) is 11.1 Å². The van der Waals surface area contributed by atoms with Crippen molar-refractivity contribution in [2.75, 3.05) is 6.61 Å². The van der Waals surface area contributed by atoms with Crippen molar-refractivity contribution in [3.63, 3.8) is 0 Å². The van der Waals surface area contributed by atoms with Crippen molar-refractivity contribution in [1.82, 2.24) is 0 Å². The van der Waals surface area contributed by atoms with Gasteiger partial charge in [0.2, 0.25) is 0 Å². The van der Waals surface area contributed by atoms with Gasteiger partial charge in [-0.1, -0.05) is 6.07 Å². The summed E-state index contributed by atoms with van der Waals surface area (Å²) in [6.45, 7) is 2.65. The van der Waals surface area contributed by atoms with Gasteiger partial charge < -0.3 is 4.74 Å². The minimum Gasteiger partial charge on any atom is -0.493 e. The van der Waals surface area contributed by atoms with Crippen LogP contribution in [0.2, 0.25) is 0 Å². The van der Waals surface area contributed by atoms with Crippen molar-refractivity contribution in [3.05, 3.63) is 28.7 Å². The molecule has 0 aliphatic carbocycles. The van der Waals surface area contributed by atoms with Gasteiger partial charge in [0.1, 0.15) is 5.75 Å². The Morgan fingerprint density at radius 2 is 2.50 bits per heavy atom. The zero-order valence-electron chi connectivity index (χ0n) is 5.73. The minimum absolute atomic E-state index is 0.691. The SMILES string of the molecule is CCOc1c[c]ccc1Br. The summed E-state index contributed by atoms with van der Waals surface area (Å²) in [7, 11) is 0. The highest BCUT2D eigenvalue weighted by molar-refractivity contribution is 9.10. The van der Waals surface area contributed by atoms with Crippen LogP contribution in [0.3, 0.4) is 0 Å². The molecule has 0 aliphatic rings. The van der Waals surface area contributed by atoms with E-state index < -0.39 is 0 Å². The quantitative estimate of drug-likeness (QED) is 0.712. The second kappa shape index (κ2) is 3.62. The summed E-state index contributed by atoms with van der Waals surface area (Å²) in [6, 6.07) is 8.49. The van der Waals surface area contributed by atoms with E-state index in [9.17, 15) is 0 Å². The summed E-state index contributed by atoms with van der Waals surface area (Å²) in [6.07, 6.45) is 0. The first-order valence-corrected chi connectivity index (χ1v) is 3.92. The van der Waals surface area contributed by atoms with Crippen LogP contribution in [0.1, 0.15) is 6.92 Å². The summed E-state index contributed by atoms with van der Waals surface area (Å²) in [5, 5.41) is 0. The Balaban J connectivity index is 2.81. The number of ether oxygens (including phenoxy) is 1. The molecule has 0 aliphatic heterocycles. The van der Waals surface area contributed by atoms with Crippen LogP contribution >= 0.6 is 15.9 Å². The predicted molar refractivity (Wildman–Crippen MR) is 44.1 cm³/mol. The molecule has 53 valence electrons. The molecule has 0 amide bonds. The van der Waals surface area contributed by atoms with E-state index in [2.05, 4.69) is 22.0 Å². The molecule has 1 aromatic rings. The van der Waals surface area contributed by atoms with Crippen LogP contribution in [0.25, 0.3) is 0 Å². The van der Waals surface area contributed by atoms with Gasteiger partial charge in [-0.25, -0.2) is 0 Å². The van der Waals surface area contributed by atoms with Gasteiger partial charge in [0.25, 0.3) is 0 Å². The van der Waals surface area contributed by atoms with Gasteiger partial charge in [-0.15, -0.1) is 0 Å². The standard InChI is InChI=1S/C8H8BrO/c1-2-10-8-6-4-3-5-7(8)9/h3,5-6H,2H2,1H3. The van der Waals surface area contributed by atoms with Crippen LogP contribution in [-0.2, 0) is 0 Å². The van der Waals surface area contributed by atoms with E-state index in [1.54, 1.807) is 0 Å². The summed E-state index contributed by atoms with van der Waals surface area (Å²) in [5.41, 5.74) is 0. The second-order valence-corrected chi connectivity index (χ2v) is 2.64. The van der Waals surface area contributed by atoms with E-state index in [1.165, 1.54) is 0 Å². The molecule has 1 nitrogen and oxygen atoms in total. The van der Waals surface area contributed by atoms with Crippen LogP contribution in [0.15, 0.2) is 22.7 Å². The Bertz CT molecular complexity index is 210. The molecule has 10 heavy (non-hydrogen) atoms. The number of rotatable bonds is 2. The molecular weight excluding hydrogens is 192 g/mol. The van der Waals surface area contributed by atoms with Crippen LogP contribution in [0.4, 0.5) is 0 Å². The molecular formula is C8H8BrO. The van der Waals surface area contributed by atoms with Gasteiger partial charge in [-0.3, -0.25) is 0 Å². The van der Waals surface area contributed by atoms with Crippen LogP contribution in [0, 0.1) is 6.07 Å². The van der Waals surface area contributed by atoms with E-state index in [1.807, 2.05) is 25.1 Å². The topological polar surface area (TPSA) is 9.23 Å². The number of hydrogen-bond donors (Lipinski definition) is 0. The molecule has 0 spiro atoms. The lowest BCUT2D eigenvalue weighted by molar-refractivity contribution is 0.338. The molecule has 0 unspecified atom stereocenters. The zero-order valence-corrected chi connectivity index (χ0v) is 7.31. The zero-order chi connectivity index (χ0) is 7.40. The monoisotopic (exact) mass is 199 g/mol. The Morgan fingerprint density at radius 3 is 3.10 bits per heavy atom. The summed E-state index contributed by atoms with van der Waals surface area (Å²) < 4.78 is 6.24. The molecule has 2 heteroatoms. The third-order valence-electron chi connectivity index (χ3n) is 1.08. The van der Waals surface area contributed by atoms with Gasteiger partial charge in [-0.05, 0) is 41.1 Å². The van der Waals surface area contributed by atoms with Gasteiger partial charge >= 0.3 is 0 Å². The van der Waals surface area contributed by atoms with Crippen molar-refractivity contribution >= 4 is 15.9 Å². The summed E-state index contributed by atoms with van der Waals surface area (Å²) >= 11 is 3.35. The van der Waals surface area contributed by atoms with Crippen molar-refractivity contribution < 1.29 is 4.74 Å².